The zero-order valence-corrected chi connectivity index (χ0v) is 7.93. The summed E-state index contributed by atoms with van der Waals surface area (Å²) in [6.45, 7) is 0. The lowest BCUT2D eigenvalue weighted by atomic mass is 9.91. The van der Waals surface area contributed by atoms with E-state index in [9.17, 15) is 0 Å². The van der Waals surface area contributed by atoms with Gasteiger partial charge in [0.25, 0.3) is 0 Å². The van der Waals surface area contributed by atoms with E-state index in [4.69, 9.17) is 11.5 Å². The molecular formula is C12H14N2. The van der Waals surface area contributed by atoms with Crippen molar-refractivity contribution in [3.63, 3.8) is 0 Å². The van der Waals surface area contributed by atoms with E-state index in [0.29, 0.717) is 5.92 Å². The summed E-state index contributed by atoms with van der Waals surface area (Å²) < 4.78 is 0. The maximum Gasteiger partial charge on any atom is 0.102 e. The molecule has 0 bridgehead atoms. The van der Waals surface area contributed by atoms with E-state index in [1.807, 2.05) is 42.5 Å². The quantitative estimate of drug-likeness (QED) is 0.516. The predicted octanol–water partition coefficient (Wildman–Crippen LogP) is 1.51. The molecule has 14 heavy (non-hydrogen) atoms. The highest BCUT2D eigenvalue weighted by molar-refractivity contribution is 5.34. The van der Waals surface area contributed by atoms with E-state index in [-0.39, 0.29) is 0 Å². The Kier molecular flexibility index (Phi) is 2.23. The first-order valence-electron chi connectivity index (χ1n) is 4.69. The molecule has 0 spiro atoms. The highest BCUT2D eigenvalue weighted by atomic mass is 14.9. The van der Waals surface area contributed by atoms with Gasteiger partial charge in [-0.05, 0) is 17.7 Å². The molecule has 0 fully saturated rings. The second-order valence-electron chi connectivity index (χ2n) is 3.65. The van der Waals surface area contributed by atoms with Crippen molar-refractivity contribution in [1.82, 2.24) is 0 Å². The van der Waals surface area contributed by atoms with Gasteiger partial charge in [-0.1, -0.05) is 42.5 Å². The summed E-state index contributed by atoms with van der Waals surface area (Å²) in [4.78, 5) is 0. The molecule has 1 aliphatic rings. The number of allylic oxidation sites excluding steroid dienone is 2. The molecule has 0 saturated heterocycles. The van der Waals surface area contributed by atoms with Gasteiger partial charge in [-0.25, -0.2) is 0 Å². The lowest BCUT2D eigenvalue weighted by Crippen LogP contribution is -2.46. The molecule has 2 rings (SSSR count). The lowest BCUT2D eigenvalue weighted by molar-refractivity contribution is 0.674. The van der Waals surface area contributed by atoms with Crippen LogP contribution in [0.1, 0.15) is 11.5 Å². The van der Waals surface area contributed by atoms with Gasteiger partial charge in [-0.3, -0.25) is 0 Å². The standard InChI is InChI=1S/C12H14N2/c13-12(14)8-6-11(7-9-12)10-4-2-1-3-5-10/h1-9,11H,13-14H2. The molecule has 0 atom stereocenters. The number of rotatable bonds is 1. The first-order valence-corrected chi connectivity index (χ1v) is 4.69. The molecule has 72 valence electrons. The van der Waals surface area contributed by atoms with Crippen LogP contribution in [0.3, 0.4) is 0 Å². The fourth-order valence-electron chi connectivity index (χ4n) is 1.56. The molecule has 0 heterocycles. The van der Waals surface area contributed by atoms with Gasteiger partial charge in [0.05, 0.1) is 0 Å². The summed E-state index contributed by atoms with van der Waals surface area (Å²) in [6, 6.07) is 10.3. The van der Waals surface area contributed by atoms with E-state index < -0.39 is 5.66 Å². The van der Waals surface area contributed by atoms with Gasteiger partial charge < -0.3 is 11.5 Å². The van der Waals surface area contributed by atoms with Crippen molar-refractivity contribution < 1.29 is 0 Å². The maximum absolute atomic E-state index is 5.72. The van der Waals surface area contributed by atoms with Crippen LogP contribution in [0, 0.1) is 0 Å². The van der Waals surface area contributed by atoms with Gasteiger partial charge in [0.2, 0.25) is 0 Å². The first kappa shape index (κ1) is 9.19. The van der Waals surface area contributed by atoms with Crippen molar-refractivity contribution in [2.24, 2.45) is 11.5 Å². The van der Waals surface area contributed by atoms with Crippen molar-refractivity contribution in [1.29, 1.82) is 0 Å². The van der Waals surface area contributed by atoms with Crippen LogP contribution < -0.4 is 11.5 Å². The van der Waals surface area contributed by atoms with Crippen molar-refractivity contribution in [2.75, 3.05) is 0 Å². The molecular weight excluding hydrogens is 172 g/mol. The highest BCUT2D eigenvalue weighted by Crippen LogP contribution is 2.23. The summed E-state index contributed by atoms with van der Waals surface area (Å²) in [5.74, 6) is 0.302. The number of benzene rings is 1. The van der Waals surface area contributed by atoms with Crippen LogP contribution in [0.4, 0.5) is 0 Å². The number of hydrogen-bond donors (Lipinski definition) is 2. The molecule has 1 aromatic rings. The van der Waals surface area contributed by atoms with E-state index in [1.54, 1.807) is 0 Å². The summed E-state index contributed by atoms with van der Waals surface area (Å²) >= 11 is 0. The SMILES string of the molecule is NC1(N)C=CC(c2ccccc2)C=C1. The van der Waals surface area contributed by atoms with Gasteiger partial charge >= 0.3 is 0 Å². The summed E-state index contributed by atoms with van der Waals surface area (Å²) in [5.41, 5.74) is 11.9. The first-order chi connectivity index (χ1) is 6.67. The van der Waals surface area contributed by atoms with Crippen molar-refractivity contribution in [2.45, 2.75) is 11.6 Å². The second kappa shape index (κ2) is 3.40. The number of hydrogen-bond acceptors (Lipinski definition) is 2. The average molecular weight is 186 g/mol. The smallest absolute Gasteiger partial charge is 0.102 e. The van der Waals surface area contributed by atoms with Crippen molar-refractivity contribution in [3.8, 4) is 0 Å². The Morgan fingerprint density at radius 2 is 1.50 bits per heavy atom. The Balaban J connectivity index is 2.22. The summed E-state index contributed by atoms with van der Waals surface area (Å²) in [5, 5.41) is 0. The Hall–Kier alpha value is -1.38. The van der Waals surface area contributed by atoms with Crippen LogP contribution in [0.5, 0.6) is 0 Å². The largest absolute Gasteiger partial charge is 0.307 e. The third kappa shape index (κ3) is 1.92. The summed E-state index contributed by atoms with van der Waals surface area (Å²) in [6.07, 6.45) is 7.75. The molecule has 0 unspecified atom stereocenters. The molecule has 0 radical (unpaired) electrons. The van der Waals surface area contributed by atoms with Crippen LogP contribution in [0.2, 0.25) is 0 Å². The molecule has 2 heteroatoms. The van der Waals surface area contributed by atoms with E-state index >= 15 is 0 Å². The molecule has 4 N–H and O–H groups in total. The monoisotopic (exact) mass is 186 g/mol. The third-order valence-corrected chi connectivity index (χ3v) is 2.37. The van der Waals surface area contributed by atoms with Crippen LogP contribution in [-0.4, -0.2) is 5.66 Å². The fraction of sp³-hybridized carbons (Fsp3) is 0.167. The number of nitrogens with two attached hydrogens (primary N) is 2. The van der Waals surface area contributed by atoms with E-state index in [1.165, 1.54) is 5.56 Å². The van der Waals surface area contributed by atoms with Gasteiger partial charge in [0.15, 0.2) is 0 Å². The van der Waals surface area contributed by atoms with Gasteiger partial charge in [0, 0.05) is 5.92 Å². The van der Waals surface area contributed by atoms with Crippen LogP contribution in [-0.2, 0) is 0 Å². The minimum atomic E-state index is -0.773. The van der Waals surface area contributed by atoms with Gasteiger partial charge in [-0.2, -0.15) is 0 Å². The third-order valence-electron chi connectivity index (χ3n) is 2.37. The molecule has 0 aliphatic heterocycles. The summed E-state index contributed by atoms with van der Waals surface area (Å²) in [7, 11) is 0. The lowest BCUT2D eigenvalue weighted by Gasteiger charge is -2.22. The molecule has 2 nitrogen and oxygen atoms in total. The molecule has 1 aliphatic carbocycles. The Morgan fingerprint density at radius 3 is 2.07 bits per heavy atom. The van der Waals surface area contributed by atoms with Gasteiger partial charge in [-0.15, -0.1) is 0 Å². The zero-order valence-electron chi connectivity index (χ0n) is 7.93. The van der Waals surface area contributed by atoms with E-state index in [0.717, 1.165) is 0 Å². The van der Waals surface area contributed by atoms with E-state index in [2.05, 4.69) is 12.1 Å². The normalized spacial score (nSPS) is 19.9. The van der Waals surface area contributed by atoms with Crippen LogP contribution in [0.15, 0.2) is 54.6 Å². The Morgan fingerprint density at radius 1 is 0.929 bits per heavy atom. The second-order valence-corrected chi connectivity index (χ2v) is 3.65. The minimum Gasteiger partial charge on any atom is -0.307 e. The molecule has 0 saturated carbocycles. The van der Waals surface area contributed by atoms with Gasteiger partial charge in [0.1, 0.15) is 5.66 Å². The predicted molar refractivity (Wildman–Crippen MR) is 58.6 cm³/mol. The Labute approximate surface area is 83.9 Å². The fourth-order valence-corrected chi connectivity index (χ4v) is 1.56. The van der Waals surface area contributed by atoms with Crippen molar-refractivity contribution in [3.05, 3.63) is 60.2 Å². The average Bonchev–Trinajstić information content (AvgIpc) is 2.19. The highest BCUT2D eigenvalue weighted by Gasteiger charge is 2.16. The zero-order chi connectivity index (χ0) is 10.0. The molecule has 0 amide bonds. The molecule has 1 aromatic carbocycles. The Bertz CT molecular complexity index is 347. The van der Waals surface area contributed by atoms with Crippen molar-refractivity contribution >= 4 is 0 Å². The maximum atomic E-state index is 5.72. The molecule has 0 aromatic heterocycles. The van der Waals surface area contributed by atoms with Crippen LogP contribution >= 0.6 is 0 Å². The van der Waals surface area contributed by atoms with Crippen LogP contribution in [0.25, 0.3) is 0 Å². The topological polar surface area (TPSA) is 52.0 Å². The minimum absolute atomic E-state index is 0.302.